The van der Waals surface area contributed by atoms with Crippen LogP contribution in [0.5, 0.6) is 5.75 Å². The van der Waals surface area contributed by atoms with Crippen LogP contribution in [-0.2, 0) is 0 Å². The molecule has 100 valence electrons. The molecule has 20 heavy (non-hydrogen) atoms. The van der Waals surface area contributed by atoms with Crippen LogP contribution < -0.4 is 0 Å². The Hall–Kier alpha value is -2.16. The maximum Gasteiger partial charge on any atom is 0.271 e. The molecule has 2 aromatic carbocycles. The highest BCUT2D eigenvalue weighted by atomic mass is 127. The van der Waals surface area contributed by atoms with Crippen LogP contribution >= 0.6 is 22.6 Å². The molecule has 0 amide bonds. The number of aromatic hydroxyl groups is 1. The van der Waals surface area contributed by atoms with Crippen molar-refractivity contribution < 1.29 is 10.0 Å². The van der Waals surface area contributed by atoms with E-state index in [2.05, 4.69) is 9.97 Å². The molecule has 0 aliphatic rings. The normalized spacial score (nSPS) is 10.8. The Balaban J connectivity index is 2.24. The summed E-state index contributed by atoms with van der Waals surface area (Å²) in [5.41, 5.74) is 1.79. The molecule has 0 radical (unpaired) electrons. The van der Waals surface area contributed by atoms with Crippen LogP contribution in [-0.4, -0.2) is 20.0 Å². The average molecular weight is 381 g/mol. The van der Waals surface area contributed by atoms with Crippen molar-refractivity contribution in [2.24, 2.45) is 0 Å². The standard InChI is InChI=1S/C13H8IN3O3/c14-9-6-7(17(19)20)5-8(12(9)18)13-15-10-3-1-2-4-11(10)16-13/h1-6,18H,(H,15,16). The average Bonchev–Trinajstić information content (AvgIpc) is 2.84. The molecule has 3 rings (SSSR count). The van der Waals surface area contributed by atoms with Gasteiger partial charge in [-0.3, -0.25) is 10.1 Å². The van der Waals surface area contributed by atoms with Crippen molar-refractivity contribution in [2.45, 2.75) is 0 Å². The first-order valence-corrected chi connectivity index (χ1v) is 6.76. The van der Waals surface area contributed by atoms with Gasteiger partial charge >= 0.3 is 0 Å². The zero-order valence-electron chi connectivity index (χ0n) is 10.0. The molecule has 7 heteroatoms. The van der Waals surface area contributed by atoms with E-state index in [1.807, 2.05) is 46.9 Å². The predicted octanol–water partition coefficient (Wildman–Crippen LogP) is 3.45. The fraction of sp³-hybridized carbons (Fsp3) is 0. The van der Waals surface area contributed by atoms with E-state index in [1.54, 1.807) is 0 Å². The number of aromatic nitrogens is 2. The minimum Gasteiger partial charge on any atom is -0.506 e. The number of nitro benzene ring substituents is 1. The fourth-order valence-electron chi connectivity index (χ4n) is 1.95. The highest BCUT2D eigenvalue weighted by molar-refractivity contribution is 14.1. The van der Waals surface area contributed by atoms with Crippen LogP contribution in [0.15, 0.2) is 36.4 Å². The smallest absolute Gasteiger partial charge is 0.271 e. The summed E-state index contributed by atoms with van der Waals surface area (Å²) in [7, 11) is 0. The number of H-pyrrole nitrogens is 1. The van der Waals surface area contributed by atoms with Crippen molar-refractivity contribution in [3.05, 3.63) is 50.1 Å². The van der Waals surface area contributed by atoms with Gasteiger partial charge in [-0.05, 0) is 34.7 Å². The Morgan fingerprint density at radius 3 is 2.75 bits per heavy atom. The summed E-state index contributed by atoms with van der Waals surface area (Å²) in [5.74, 6) is 0.389. The second-order valence-corrected chi connectivity index (χ2v) is 5.35. The lowest BCUT2D eigenvalue weighted by atomic mass is 10.1. The molecule has 1 heterocycles. The van der Waals surface area contributed by atoms with Crippen LogP contribution in [0.1, 0.15) is 0 Å². The summed E-state index contributed by atoms with van der Waals surface area (Å²) >= 11 is 1.86. The van der Waals surface area contributed by atoms with Gasteiger partial charge in [0.05, 0.1) is 25.1 Å². The Bertz CT molecular complexity index is 796. The number of aromatic amines is 1. The topological polar surface area (TPSA) is 92.1 Å². The van der Waals surface area contributed by atoms with E-state index in [9.17, 15) is 15.2 Å². The highest BCUT2D eigenvalue weighted by Gasteiger charge is 2.18. The van der Waals surface area contributed by atoms with E-state index in [4.69, 9.17) is 0 Å². The molecular weight excluding hydrogens is 373 g/mol. The molecule has 6 nitrogen and oxygen atoms in total. The van der Waals surface area contributed by atoms with Crippen LogP contribution in [0.25, 0.3) is 22.4 Å². The van der Waals surface area contributed by atoms with Gasteiger partial charge in [0.25, 0.3) is 5.69 Å². The number of non-ortho nitro benzene ring substituents is 1. The molecule has 0 aliphatic carbocycles. The van der Waals surface area contributed by atoms with E-state index in [-0.39, 0.29) is 11.4 Å². The van der Waals surface area contributed by atoms with Crippen molar-refractivity contribution in [1.29, 1.82) is 0 Å². The van der Waals surface area contributed by atoms with E-state index in [0.29, 0.717) is 15.0 Å². The fourth-order valence-corrected chi connectivity index (χ4v) is 2.56. The number of hydrogen-bond donors (Lipinski definition) is 2. The van der Waals surface area contributed by atoms with Crippen molar-refractivity contribution in [3.63, 3.8) is 0 Å². The predicted molar refractivity (Wildman–Crippen MR) is 82.6 cm³/mol. The quantitative estimate of drug-likeness (QED) is 0.404. The minimum absolute atomic E-state index is 0.0183. The Morgan fingerprint density at radius 1 is 1.30 bits per heavy atom. The van der Waals surface area contributed by atoms with Crippen LogP contribution in [0, 0.1) is 13.7 Å². The largest absolute Gasteiger partial charge is 0.506 e. The van der Waals surface area contributed by atoms with Gasteiger partial charge in [0, 0.05) is 12.1 Å². The lowest BCUT2D eigenvalue weighted by molar-refractivity contribution is -0.384. The second-order valence-electron chi connectivity index (χ2n) is 4.18. The first kappa shape index (κ1) is 12.9. The summed E-state index contributed by atoms with van der Waals surface area (Å²) in [6.45, 7) is 0. The molecule has 3 aromatic rings. The number of rotatable bonds is 2. The van der Waals surface area contributed by atoms with Crippen LogP contribution in [0.4, 0.5) is 5.69 Å². The number of benzene rings is 2. The monoisotopic (exact) mass is 381 g/mol. The van der Waals surface area contributed by atoms with Gasteiger partial charge in [0.15, 0.2) is 0 Å². The van der Waals surface area contributed by atoms with Gasteiger partial charge in [-0.1, -0.05) is 12.1 Å². The van der Waals surface area contributed by atoms with Gasteiger partial charge in [-0.15, -0.1) is 0 Å². The lowest BCUT2D eigenvalue weighted by Crippen LogP contribution is -1.92. The molecule has 0 saturated carbocycles. The van der Waals surface area contributed by atoms with Crippen molar-refractivity contribution >= 4 is 39.3 Å². The SMILES string of the molecule is O=[N+]([O-])c1cc(I)c(O)c(-c2nc3ccccc3[nH]2)c1. The summed E-state index contributed by atoms with van der Waals surface area (Å²) in [6.07, 6.45) is 0. The van der Waals surface area contributed by atoms with E-state index < -0.39 is 4.92 Å². The van der Waals surface area contributed by atoms with E-state index >= 15 is 0 Å². The number of imidazole rings is 1. The van der Waals surface area contributed by atoms with Crippen LogP contribution in [0.3, 0.4) is 0 Å². The second kappa shape index (κ2) is 4.75. The molecule has 2 N–H and O–H groups in total. The first-order chi connectivity index (χ1) is 9.56. The molecule has 1 aromatic heterocycles. The molecule has 0 atom stereocenters. The van der Waals surface area contributed by atoms with Gasteiger partial charge in [0.1, 0.15) is 11.6 Å². The highest BCUT2D eigenvalue weighted by Crippen LogP contribution is 2.36. The first-order valence-electron chi connectivity index (χ1n) is 5.68. The van der Waals surface area contributed by atoms with Gasteiger partial charge < -0.3 is 10.1 Å². The van der Waals surface area contributed by atoms with Crippen molar-refractivity contribution in [2.75, 3.05) is 0 Å². The summed E-state index contributed by atoms with van der Waals surface area (Å²) < 4.78 is 0.409. The van der Waals surface area contributed by atoms with Crippen LogP contribution in [0.2, 0.25) is 0 Å². The summed E-state index contributed by atoms with van der Waals surface area (Å²) in [6, 6.07) is 10.0. The lowest BCUT2D eigenvalue weighted by Gasteiger charge is -2.03. The molecule has 0 unspecified atom stereocenters. The number of halogens is 1. The zero-order valence-corrected chi connectivity index (χ0v) is 12.2. The third kappa shape index (κ3) is 2.09. The number of phenols is 1. The van der Waals surface area contributed by atoms with Gasteiger partial charge in [0.2, 0.25) is 0 Å². The van der Waals surface area contributed by atoms with Gasteiger partial charge in [-0.25, -0.2) is 4.98 Å². The number of nitro groups is 1. The number of nitrogens with one attached hydrogen (secondary N) is 1. The zero-order chi connectivity index (χ0) is 14.3. The Kier molecular flexibility index (Phi) is 3.05. The number of hydrogen-bond acceptors (Lipinski definition) is 4. The maximum atomic E-state index is 10.9. The summed E-state index contributed by atoms with van der Waals surface area (Å²) in [4.78, 5) is 17.8. The molecule has 0 fully saturated rings. The van der Waals surface area contributed by atoms with E-state index in [0.717, 1.165) is 11.0 Å². The Labute approximate surface area is 126 Å². The minimum atomic E-state index is -0.492. The van der Waals surface area contributed by atoms with Crippen molar-refractivity contribution in [1.82, 2.24) is 9.97 Å². The molecule has 0 aliphatic heterocycles. The Morgan fingerprint density at radius 2 is 2.05 bits per heavy atom. The van der Waals surface area contributed by atoms with E-state index in [1.165, 1.54) is 12.1 Å². The summed E-state index contributed by atoms with van der Waals surface area (Å²) in [5, 5.41) is 21.0. The van der Waals surface area contributed by atoms with Crippen molar-refractivity contribution in [3.8, 4) is 17.1 Å². The number of para-hydroxylation sites is 2. The number of phenolic OH excluding ortho intramolecular Hbond substituents is 1. The molecular formula is C13H8IN3O3. The maximum absolute atomic E-state index is 10.9. The van der Waals surface area contributed by atoms with Gasteiger partial charge in [-0.2, -0.15) is 0 Å². The molecule has 0 saturated heterocycles. The third-order valence-corrected chi connectivity index (χ3v) is 3.73. The number of fused-ring (bicyclic) bond motifs is 1. The number of nitrogens with zero attached hydrogens (tertiary/aromatic N) is 2. The molecule has 0 spiro atoms. The molecule has 0 bridgehead atoms. The third-order valence-electron chi connectivity index (χ3n) is 2.90.